The monoisotopic (exact) mass is 903 g/mol. The average Bonchev–Trinajstić information content (AvgIpc) is 3.92. The Balaban J connectivity index is 0.906. The van der Waals surface area contributed by atoms with Crippen molar-refractivity contribution in [3.05, 3.63) is 35.3 Å². The number of rotatable bonds is 22. The number of hydrogen-bond acceptors (Lipinski definition) is 11. The highest BCUT2D eigenvalue weighted by Crippen LogP contribution is 2.45. The topological polar surface area (TPSA) is 130 Å². The van der Waals surface area contributed by atoms with E-state index in [-0.39, 0.29) is 53.5 Å². The molecule has 12 nitrogen and oxygen atoms in total. The Morgan fingerprint density at radius 2 is 1.58 bits per heavy atom. The van der Waals surface area contributed by atoms with E-state index >= 15 is 4.39 Å². The van der Waals surface area contributed by atoms with Crippen LogP contribution in [0.1, 0.15) is 172 Å². The molecule has 2 bridgehead atoms. The second-order valence-corrected chi connectivity index (χ2v) is 19.7. The number of amides is 1. The summed E-state index contributed by atoms with van der Waals surface area (Å²) >= 11 is 0. The lowest BCUT2D eigenvalue weighted by Crippen LogP contribution is -2.56. The smallest absolute Gasteiger partial charge is 0.413 e. The van der Waals surface area contributed by atoms with Gasteiger partial charge in [-0.1, -0.05) is 90.9 Å². The first-order chi connectivity index (χ1) is 31.7. The molecule has 1 amide bonds. The van der Waals surface area contributed by atoms with E-state index in [1.807, 2.05) is 0 Å². The van der Waals surface area contributed by atoms with Crippen LogP contribution in [-0.4, -0.2) is 105 Å². The summed E-state index contributed by atoms with van der Waals surface area (Å²) in [6.45, 7) is 6.13. The first-order valence-corrected chi connectivity index (χ1v) is 25.3. The highest BCUT2D eigenvalue weighted by Gasteiger charge is 2.50. The van der Waals surface area contributed by atoms with Gasteiger partial charge in [0.1, 0.15) is 35.6 Å². The van der Waals surface area contributed by atoms with Crippen molar-refractivity contribution in [2.75, 3.05) is 44.5 Å². The number of phenolic OH excluding ortho intramolecular Hbond substituents is 1. The maximum Gasteiger partial charge on any atom is 0.413 e. The number of alkyl halides is 1. The molecule has 0 spiro atoms. The molecule has 4 saturated heterocycles. The van der Waals surface area contributed by atoms with Crippen molar-refractivity contribution in [3.8, 4) is 23.0 Å². The van der Waals surface area contributed by atoms with Gasteiger partial charge >= 0.3 is 18.1 Å². The first-order valence-electron chi connectivity index (χ1n) is 25.3. The molecule has 2 aromatic heterocycles. The van der Waals surface area contributed by atoms with Crippen molar-refractivity contribution in [1.82, 2.24) is 24.8 Å². The third-order valence-corrected chi connectivity index (χ3v) is 15.2. The second kappa shape index (κ2) is 22.0. The van der Waals surface area contributed by atoms with E-state index in [4.69, 9.17) is 29.2 Å². The molecule has 356 valence electrons. The number of esters is 1. The van der Waals surface area contributed by atoms with E-state index in [0.29, 0.717) is 49.2 Å². The lowest BCUT2D eigenvalue weighted by Gasteiger charge is -2.41. The Hall–Kier alpha value is -4.33. The number of benzene rings is 1. The lowest BCUT2D eigenvalue weighted by molar-refractivity contribution is -0.152. The molecule has 1 aliphatic carbocycles. The van der Waals surface area contributed by atoms with Crippen molar-refractivity contribution < 1.29 is 37.7 Å². The van der Waals surface area contributed by atoms with Crippen LogP contribution in [-0.2, 0) is 20.7 Å². The van der Waals surface area contributed by atoms with Crippen molar-refractivity contribution in [1.29, 1.82) is 0 Å². The number of aryl methyl sites for hydroxylation is 1. The third-order valence-electron chi connectivity index (χ3n) is 15.2. The van der Waals surface area contributed by atoms with Gasteiger partial charge in [0.25, 0.3) is 0 Å². The SMILES string of the molecule is CCCCCCCCCCCCCCCC(=O)OCOC(=O)N1C2CCC1CN(c1nc(OC[C@@]34CCCN3C[C@H](F)C4)nc3c(F)c(-c4cc(O)cc5c4C(CC)CCC5)ncc13)C2. The van der Waals surface area contributed by atoms with Crippen molar-refractivity contribution in [3.63, 3.8) is 0 Å². The summed E-state index contributed by atoms with van der Waals surface area (Å²) in [6, 6.07) is 2.98. The molecule has 1 aromatic carbocycles. The number of carbonyl (C=O) groups is 2. The van der Waals surface area contributed by atoms with Gasteiger partial charge in [-0.15, -0.1) is 0 Å². The van der Waals surface area contributed by atoms with E-state index in [1.54, 1.807) is 23.2 Å². The number of aromatic nitrogens is 3. The minimum atomic E-state index is -0.933. The minimum absolute atomic E-state index is 0.00580. The molecule has 4 fully saturated rings. The number of piperazine rings is 1. The predicted molar refractivity (Wildman–Crippen MR) is 248 cm³/mol. The quantitative estimate of drug-likeness (QED) is 0.0587. The van der Waals surface area contributed by atoms with E-state index in [0.717, 1.165) is 88.3 Å². The zero-order valence-corrected chi connectivity index (χ0v) is 39.0. The normalized spacial score (nSPS) is 23.8. The number of halogens is 2. The molecule has 0 saturated carbocycles. The minimum Gasteiger partial charge on any atom is -0.508 e. The molecular formula is C51H72F2N6O6. The molecule has 65 heavy (non-hydrogen) atoms. The summed E-state index contributed by atoms with van der Waals surface area (Å²) in [5.41, 5.74) is 2.34. The van der Waals surface area contributed by atoms with Crippen LogP contribution in [0.5, 0.6) is 11.8 Å². The summed E-state index contributed by atoms with van der Waals surface area (Å²) in [7, 11) is 0. The number of ether oxygens (including phenoxy) is 3. The molecule has 6 heterocycles. The van der Waals surface area contributed by atoms with Gasteiger partial charge in [0.15, 0.2) is 5.82 Å². The summed E-state index contributed by atoms with van der Waals surface area (Å²) in [6.07, 6.45) is 23.7. The zero-order valence-electron chi connectivity index (χ0n) is 39.0. The summed E-state index contributed by atoms with van der Waals surface area (Å²) < 4.78 is 49.2. The van der Waals surface area contributed by atoms with Gasteiger partial charge in [0.2, 0.25) is 6.79 Å². The Bertz CT molecular complexity index is 2100. The second-order valence-electron chi connectivity index (χ2n) is 19.7. The highest BCUT2D eigenvalue weighted by atomic mass is 19.1. The molecule has 5 atom stereocenters. The standard InChI is InChI=1S/C51H72F2N6O6/c1-3-5-6-7-8-9-10-11-12-13-14-15-16-21-43(61)64-34-65-50(62)59-38-22-23-39(59)32-57(31-38)48-42-29-54-46(41-27-40(60)26-36-20-17-19-35(4-2)44(36)41)45(53)47(42)55-49(56-48)63-33-51-24-18-25-58(51)30-37(52)28-51/h26-27,29,35,37-39,60H,3-25,28,30-34H2,1-2H3/t35?,37-,38?,39?,51+/m1/s1. The van der Waals surface area contributed by atoms with Crippen LogP contribution in [0.3, 0.4) is 0 Å². The van der Waals surface area contributed by atoms with Gasteiger partial charge in [-0.3, -0.25) is 19.6 Å². The molecule has 14 heteroatoms. The largest absolute Gasteiger partial charge is 0.508 e. The fourth-order valence-corrected chi connectivity index (χ4v) is 11.8. The zero-order chi connectivity index (χ0) is 45.3. The maximum atomic E-state index is 17.3. The lowest BCUT2D eigenvalue weighted by atomic mass is 9.78. The van der Waals surface area contributed by atoms with Gasteiger partial charge < -0.3 is 24.2 Å². The molecule has 0 radical (unpaired) electrons. The number of carbonyl (C=O) groups excluding carboxylic acids is 2. The summed E-state index contributed by atoms with van der Waals surface area (Å²) in [4.78, 5) is 46.3. The number of hydrogen-bond donors (Lipinski definition) is 1. The van der Waals surface area contributed by atoms with Gasteiger partial charge in [-0.2, -0.15) is 9.97 Å². The van der Waals surface area contributed by atoms with Gasteiger partial charge in [0.05, 0.1) is 23.0 Å². The number of aromatic hydroxyl groups is 1. The van der Waals surface area contributed by atoms with Crippen LogP contribution in [0, 0.1) is 5.82 Å². The molecule has 5 aliphatic rings. The Labute approximate surface area is 384 Å². The first kappa shape index (κ1) is 47.2. The van der Waals surface area contributed by atoms with Crippen LogP contribution in [0.25, 0.3) is 22.2 Å². The van der Waals surface area contributed by atoms with Crippen molar-refractivity contribution in [2.24, 2.45) is 0 Å². The Morgan fingerprint density at radius 1 is 0.877 bits per heavy atom. The number of fused-ring (bicyclic) bond motifs is 5. The fourth-order valence-electron chi connectivity index (χ4n) is 11.8. The maximum absolute atomic E-state index is 17.3. The van der Waals surface area contributed by atoms with Crippen molar-refractivity contribution >= 4 is 28.8 Å². The molecule has 3 unspecified atom stereocenters. The van der Waals surface area contributed by atoms with Gasteiger partial charge in [-0.25, -0.2) is 13.6 Å². The van der Waals surface area contributed by atoms with Crippen LogP contribution in [0.2, 0.25) is 0 Å². The molecule has 4 aliphatic heterocycles. The van der Waals surface area contributed by atoms with E-state index < -0.39 is 30.4 Å². The number of pyridine rings is 1. The molecule has 1 N–H and O–H groups in total. The number of phenols is 1. The van der Waals surface area contributed by atoms with E-state index in [9.17, 15) is 19.1 Å². The van der Waals surface area contributed by atoms with Crippen LogP contribution < -0.4 is 9.64 Å². The Morgan fingerprint density at radius 3 is 2.29 bits per heavy atom. The highest BCUT2D eigenvalue weighted by molar-refractivity contribution is 5.92. The summed E-state index contributed by atoms with van der Waals surface area (Å²) in [5, 5.41) is 11.2. The summed E-state index contributed by atoms with van der Waals surface area (Å²) in [5.74, 6) is -0.247. The third kappa shape index (κ3) is 10.9. The van der Waals surface area contributed by atoms with Crippen LogP contribution in [0.15, 0.2) is 18.3 Å². The van der Waals surface area contributed by atoms with Crippen LogP contribution >= 0.6 is 0 Å². The predicted octanol–water partition coefficient (Wildman–Crippen LogP) is 11.1. The number of anilines is 1. The number of nitrogens with zero attached hydrogens (tertiary/aromatic N) is 6. The molecule has 8 rings (SSSR count). The van der Waals surface area contributed by atoms with E-state index in [2.05, 4.69) is 23.6 Å². The molecular weight excluding hydrogens is 831 g/mol. The molecule has 3 aromatic rings. The van der Waals surface area contributed by atoms with Gasteiger partial charge in [-0.05, 0) is 93.5 Å². The number of unbranched alkanes of at least 4 members (excludes halogenated alkanes) is 12. The Kier molecular flexibility index (Phi) is 16.0. The van der Waals surface area contributed by atoms with Crippen LogP contribution in [0.4, 0.5) is 19.4 Å². The average molecular weight is 903 g/mol. The van der Waals surface area contributed by atoms with Gasteiger partial charge in [0, 0.05) is 44.2 Å². The van der Waals surface area contributed by atoms with E-state index in [1.165, 1.54) is 64.2 Å². The van der Waals surface area contributed by atoms with Crippen molar-refractivity contribution in [2.45, 2.75) is 191 Å². The fraction of sp³-hybridized carbons (Fsp3) is 0.706.